The fourth-order valence-corrected chi connectivity index (χ4v) is 1.22. The first-order valence-corrected chi connectivity index (χ1v) is 5.72. The lowest BCUT2D eigenvalue weighted by Crippen LogP contribution is -2.35. The summed E-state index contributed by atoms with van der Waals surface area (Å²) >= 11 is 5.48. The number of carbonyl (C=O) groups is 1. The van der Waals surface area contributed by atoms with Gasteiger partial charge in [-0.1, -0.05) is 6.58 Å². The summed E-state index contributed by atoms with van der Waals surface area (Å²) in [7, 11) is 6.48. The predicted octanol–water partition coefficient (Wildman–Crippen LogP) is 1.38. The number of unbranched alkanes of at least 4 members (excludes halogenated alkanes) is 1. The molecule has 0 fully saturated rings. The molecular formula is C11H22ClN2O+. The van der Waals surface area contributed by atoms with E-state index in [1.54, 1.807) is 0 Å². The Morgan fingerprint density at radius 3 is 2.40 bits per heavy atom. The highest BCUT2D eigenvalue weighted by atomic mass is 35.5. The van der Waals surface area contributed by atoms with E-state index >= 15 is 0 Å². The first-order valence-electron chi connectivity index (χ1n) is 5.19. The minimum atomic E-state index is -0.129. The number of hydrogen-bond donors (Lipinski definition) is 1. The minimum absolute atomic E-state index is 0.129. The summed E-state index contributed by atoms with van der Waals surface area (Å²) in [4.78, 5) is 11.2. The molecule has 0 atom stereocenters. The average molecular weight is 234 g/mol. The smallest absolute Gasteiger partial charge is 0.247 e. The maximum atomic E-state index is 11.2. The van der Waals surface area contributed by atoms with Crippen molar-refractivity contribution in [2.24, 2.45) is 0 Å². The number of nitrogens with one attached hydrogen (secondary N) is 1. The zero-order valence-electron chi connectivity index (χ0n) is 9.98. The number of amides is 1. The van der Waals surface area contributed by atoms with Crippen LogP contribution in [0.5, 0.6) is 0 Å². The molecule has 0 heterocycles. The van der Waals surface area contributed by atoms with Crippen LogP contribution in [0.4, 0.5) is 0 Å². The lowest BCUT2D eigenvalue weighted by Gasteiger charge is -2.23. The van der Waals surface area contributed by atoms with E-state index in [1.807, 2.05) is 0 Å². The van der Waals surface area contributed by atoms with Gasteiger partial charge in [0.1, 0.15) is 0 Å². The fourth-order valence-electron chi connectivity index (χ4n) is 1.10. The third-order valence-corrected chi connectivity index (χ3v) is 2.35. The van der Waals surface area contributed by atoms with E-state index in [0.717, 1.165) is 23.9 Å². The number of nitrogens with zero attached hydrogens (tertiary/aromatic N) is 1. The van der Waals surface area contributed by atoms with Gasteiger partial charge in [-0.3, -0.25) is 4.79 Å². The Bertz CT molecular complexity index is 221. The molecular weight excluding hydrogens is 212 g/mol. The van der Waals surface area contributed by atoms with Crippen molar-refractivity contribution in [2.45, 2.75) is 12.8 Å². The monoisotopic (exact) mass is 233 g/mol. The summed E-state index contributed by atoms with van der Waals surface area (Å²) in [6.07, 6.45) is 2.11. The third-order valence-electron chi connectivity index (χ3n) is 2.02. The second kappa shape index (κ2) is 6.85. The SMILES string of the molecule is C=C(CCl)C(=O)NCCCC[N+](C)(C)C. The van der Waals surface area contributed by atoms with Gasteiger partial charge in [0.2, 0.25) is 5.91 Å². The molecule has 0 aliphatic rings. The molecule has 0 bridgehead atoms. The van der Waals surface area contributed by atoms with Crippen molar-refractivity contribution in [1.82, 2.24) is 5.32 Å². The van der Waals surface area contributed by atoms with E-state index in [-0.39, 0.29) is 11.8 Å². The van der Waals surface area contributed by atoms with E-state index in [1.165, 1.54) is 0 Å². The Morgan fingerprint density at radius 2 is 1.93 bits per heavy atom. The molecule has 0 saturated carbocycles. The van der Waals surface area contributed by atoms with Crippen LogP contribution < -0.4 is 5.32 Å². The van der Waals surface area contributed by atoms with Gasteiger partial charge in [0.15, 0.2) is 0 Å². The van der Waals surface area contributed by atoms with Gasteiger partial charge in [-0.05, 0) is 12.8 Å². The summed E-state index contributed by atoms with van der Waals surface area (Å²) in [5, 5.41) is 2.79. The van der Waals surface area contributed by atoms with E-state index in [2.05, 4.69) is 33.0 Å². The van der Waals surface area contributed by atoms with Crippen LogP contribution in [-0.2, 0) is 4.79 Å². The first-order chi connectivity index (χ1) is 6.87. The van der Waals surface area contributed by atoms with Crippen molar-refractivity contribution in [3.05, 3.63) is 12.2 Å². The lowest BCUT2D eigenvalue weighted by atomic mass is 10.2. The quantitative estimate of drug-likeness (QED) is 0.306. The predicted molar refractivity (Wildman–Crippen MR) is 65.0 cm³/mol. The van der Waals surface area contributed by atoms with Crippen molar-refractivity contribution in [2.75, 3.05) is 40.1 Å². The zero-order valence-corrected chi connectivity index (χ0v) is 10.7. The highest BCUT2D eigenvalue weighted by Gasteiger charge is 2.07. The van der Waals surface area contributed by atoms with E-state index in [4.69, 9.17) is 11.6 Å². The number of quaternary nitrogens is 1. The van der Waals surface area contributed by atoms with Crippen molar-refractivity contribution < 1.29 is 9.28 Å². The maximum absolute atomic E-state index is 11.2. The van der Waals surface area contributed by atoms with Crippen LogP contribution in [0, 0.1) is 0 Å². The molecule has 0 unspecified atom stereocenters. The summed E-state index contributed by atoms with van der Waals surface area (Å²) in [6, 6.07) is 0. The minimum Gasteiger partial charge on any atom is -0.352 e. The molecule has 0 aromatic heterocycles. The van der Waals surface area contributed by atoms with Crippen LogP contribution in [0.25, 0.3) is 0 Å². The second-order valence-corrected chi connectivity index (χ2v) is 4.98. The molecule has 4 heteroatoms. The van der Waals surface area contributed by atoms with E-state index in [0.29, 0.717) is 12.1 Å². The Hall–Kier alpha value is -0.540. The standard InChI is InChI=1S/C11H21ClN2O/c1-10(9-12)11(15)13-7-5-6-8-14(2,3)4/h1,5-9H2,2-4H3/p+1. The summed E-state index contributed by atoms with van der Waals surface area (Å²) in [5.74, 6) is 0.0697. The van der Waals surface area contributed by atoms with Crippen LogP contribution in [-0.4, -0.2) is 50.5 Å². The van der Waals surface area contributed by atoms with Gasteiger partial charge in [0.05, 0.1) is 33.6 Å². The van der Waals surface area contributed by atoms with E-state index < -0.39 is 0 Å². The van der Waals surface area contributed by atoms with Crippen LogP contribution in [0.2, 0.25) is 0 Å². The molecule has 0 aliphatic heterocycles. The summed E-state index contributed by atoms with van der Waals surface area (Å²) < 4.78 is 0.961. The van der Waals surface area contributed by atoms with Crippen molar-refractivity contribution in [1.29, 1.82) is 0 Å². The highest BCUT2D eigenvalue weighted by molar-refractivity contribution is 6.22. The van der Waals surface area contributed by atoms with Crippen molar-refractivity contribution in [3.63, 3.8) is 0 Å². The summed E-state index contributed by atoms with van der Waals surface area (Å²) in [6.45, 7) is 5.38. The Balaban J connectivity index is 3.47. The molecule has 15 heavy (non-hydrogen) atoms. The normalized spacial score (nSPS) is 11.2. The number of rotatable bonds is 7. The van der Waals surface area contributed by atoms with E-state index in [9.17, 15) is 4.79 Å². The molecule has 0 spiro atoms. The number of carbonyl (C=O) groups excluding carboxylic acids is 1. The van der Waals surface area contributed by atoms with Crippen molar-refractivity contribution in [3.8, 4) is 0 Å². The average Bonchev–Trinajstić information content (AvgIpc) is 2.14. The number of alkyl halides is 1. The Morgan fingerprint density at radius 1 is 1.33 bits per heavy atom. The topological polar surface area (TPSA) is 29.1 Å². The van der Waals surface area contributed by atoms with Gasteiger partial charge >= 0.3 is 0 Å². The lowest BCUT2D eigenvalue weighted by molar-refractivity contribution is -0.870. The van der Waals surface area contributed by atoms with Crippen LogP contribution in [0.3, 0.4) is 0 Å². The maximum Gasteiger partial charge on any atom is 0.247 e. The Labute approximate surface area is 97.7 Å². The van der Waals surface area contributed by atoms with Gasteiger partial charge in [-0.25, -0.2) is 0 Å². The summed E-state index contributed by atoms with van der Waals surface area (Å²) in [5.41, 5.74) is 0.434. The largest absolute Gasteiger partial charge is 0.352 e. The molecule has 88 valence electrons. The van der Waals surface area contributed by atoms with Crippen LogP contribution >= 0.6 is 11.6 Å². The first kappa shape index (κ1) is 14.5. The third kappa shape index (κ3) is 8.45. The molecule has 1 amide bonds. The Kier molecular flexibility index (Phi) is 6.61. The van der Waals surface area contributed by atoms with Gasteiger partial charge in [0, 0.05) is 12.1 Å². The van der Waals surface area contributed by atoms with Crippen LogP contribution in [0.1, 0.15) is 12.8 Å². The molecule has 0 radical (unpaired) electrons. The number of halogens is 1. The number of hydrogen-bond acceptors (Lipinski definition) is 1. The van der Waals surface area contributed by atoms with Gasteiger partial charge in [-0.2, -0.15) is 0 Å². The molecule has 0 aromatic carbocycles. The molecule has 0 rings (SSSR count). The van der Waals surface area contributed by atoms with Gasteiger partial charge < -0.3 is 9.80 Å². The highest BCUT2D eigenvalue weighted by Crippen LogP contribution is 1.97. The molecule has 3 nitrogen and oxygen atoms in total. The second-order valence-electron chi connectivity index (χ2n) is 4.71. The molecule has 0 aromatic rings. The molecule has 0 saturated heterocycles. The fraction of sp³-hybridized carbons (Fsp3) is 0.727. The van der Waals surface area contributed by atoms with Gasteiger partial charge in [0.25, 0.3) is 0 Å². The van der Waals surface area contributed by atoms with Crippen molar-refractivity contribution >= 4 is 17.5 Å². The molecule has 0 aliphatic carbocycles. The zero-order chi connectivity index (χ0) is 11.9. The van der Waals surface area contributed by atoms with Crippen LogP contribution in [0.15, 0.2) is 12.2 Å². The molecule has 1 N–H and O–H groups in total. The van der Waals surface area contributed by atoms with Gasteiger partial charge in [-0.15, -0.1) is 11.6 Å².